The first-order valence-corrected chi connectivity index (χ1v) is 14.4. The van der Waals surface area contributed by atoms with Crippen molar-refractivity contribution in [3.05, 3.63) is 107 Å². The molecule has 198 valence electrons. The molecule has 0 bridgehead atoms. The predicted molar refractivity (Wildman–Crippen MR) is 152 cm³/mol. The van der Waals surface area contributed by atoms with Gasteiger partial charge < -0.3 is 14.4 Å². The molecule has 0 aliphatic heterocycles. The van der Waals surface area contributed by atoms with Crippen molar-refractivity contribution in [2.75, 3.05) is 11.8 Å². The zero-order valence-electron chi connectivity index (χ0n) is 20.5. The van der Waals surface area contributed by atoms with Gasteiger partial charge in [-0.25, -0.2) is 4.57 Å². The Bertz CT molecular complexity index is 1180. The zero-order valence-corrected chi connectivity index (χ0v) is 23.6. The van der Waals surface area contributed by atoms with E-state index in [1.165, 1.54) is 18.2 Å². The number of hydrogen-bond acceptors (Lipinski definition) is 5. The van der Waals surface area contributed by atoms with Crippen molar-refractivity contribution in [1.29, 1.82) is 0 Å². The van der Waals surface area contributed by atoms with Gasteiger partial charge in [0, 0.05) is 22.5 Å². The number of carbonyl (C=O) groups is 1. The molecule has 0 aromatic heterocycles. The molecule has 0 radical (unpaired) electrons. The van der Waals surface area contributed by atoms with Crippen LogP contribution in [0, 0.1) is 0 Å². The molecule has 2 aromatic rings. The summed E-state index contributed by atoms with van der Waals surface area (Å²) in [7, 11) is -4.29. The smallest absolute Gasteiger partial charge is 0.395 e. The van der Waals surface area contributed by atoms with Crippen molar-refractivity contribution in [2.24, 2.45) is 0 Å². The van der Waals surface area contributed by atoms with Gasteiger partial charge in [0.25, 0.3) is 5.91 Å². The van der Waals surface area contributed by atoms with Gasteiger partial charge in [-0.3, -0.25) is 9.32 Å². The third-order valence-corrected chi connectivity index (χ3v) is 6.47. The van der Waals surface area contributed by atoms with Crippen molar-refractivity contribution in [1.82, 2.24) is 5.32 Å². The molecule has 0 saturated heterocycles. The minimum Gasteiger partial charge on any atom is -0.395 e. The van der Waals surface area contributed by atoms with Gasteiger partial charge in [-0.2, -0.15) is 0 Å². The highest BCUT2D eigenvalue weighted by Gasteiger charge is 2.34. The summed E-state index contributed by atoms with van der Waals surface area (Å²) < 4.78 is 31.0. The first kappa shape index (κ1) is 30.8. The highest BCUT2D eigenvalue weighted by atomic mass is 35.5. The molecule has 2 aromatic carbocycles. The van der Waals surface area contributed by atoms with E-state index in [4.69, 9.17) is 48.4 Å². The second kappa shape index (κ2) is 16.4. The third kappa shape index (κ3) is 11.2. The van der Waals surface area contributed by atoms with Crippen LogP contribution in [0.15, 0.2) is 96.8 Å². The molecular weight excluding hydrogens is 556 g/mol. The van der Waals surface area contributed by atoms with E-state index < -0.39 is 19.8 Å². The molecule has 0 saturated carbocycles. The van der Waals surface area contributed by atoms with Crippen LogP contribution in [0.4, 0.5) is 0 Å². The maximum absolute atomic E-state index is 13.8. The number of nitrogens with one attached hydrogen (secondary N) is 1. The van der Waals surface area contributed by atoms with Gasteiger partial charge in [0.15, 0.2) is 0 Å². The Morgan fingerprint density at radius 3 is 2.49 bits per heavy atom. The minimum absolute atomic E-state index is 0.0156. The first-order valence-electron chi connectivity index (χ1n) is 11.5. The molecule has 1 amide bonds. The monoisotopic (exact) mass is 583 g/mol. The van der Waals surface area contributed by atoms with Gasteiger partial charge in [0.05, 0.1) is 11.7 Å². The van der Waals surface area contributed by atoms with E-state index in [0.717, 1.165) is 6.42 Å². The maximum Gasteiger partial charge on any atom is 0.588 e. The zero-order chi connectivity index (χ0) is 27.1. The number of halogens is 3. The first-order chi connectivity index (χ1) is 17.8. The summed E-state index contributed by atoms with van der Waals surface area (Å²) in [6, 6.07) is 12.8. The topological polar surface area (TPSA) is 73.9 Å². The Morgan fingerprint density at radius 1 is 1.05 bits per heavy atom. The summed E-state index contributed by atoms with van der Waals surface area (Å²) in [6.45, 7) is 3.71. The van der Waals surface area contributed by atoms with Crippen LogP contribution in [0.1, 0.15) is 30.6 Å². The maximum atomic E-state index is 13.8. The Balaban J connectivity index is 2.40. The Morgan fingerprint density at radius 2 is 1.81 bits per heavy atom. The van der Waals surface area contributed by atoms with Crippen LogP contribution in [-0.2, 0) is 9.09 Å². The molecule has 0 heterocycles. The Labute approximate surface area is 233 Å². The SMILES string of the molecule is CC/C=C\C=C/C(C)OP(=O)(Oc1ccccc1)Oc1ccc(Cl)cc1C(=O)NC(/C=C\CCl)=C/CCl. The van der Waals surface area contributed by atoms with E-state index in [9.17, 15) is 9.36 Å². The number of phosphoric ester groups is 1. The highest BCUT2D eigenvalue weighted by molar-refractivity contribution is 7.49. The summed E-state index contributed by atoms with van der Waals surface area (Å²) >= 11 is 17.7. The number of allylic oxidation sites excluding steroid dienone is 6. The second-order valence-electron chi connectivity index (χ2n) is 7.44. The summed E-state index contributed by atoms with van der Waals surface area (Å²) in [5.74, 6) is 0.0610. The van der Waals surface area contributed by atoms with Crippen LogP contribution >= 0.6 is 42.6 Å². The van der Waals surface area contributed by atoms with Crippen LogP contribution in [0.3, 0.4) is 0 Å². The quantitative estimate of drug-likeness (QED) is 0.137. The van der Waals surface area contributed by atoms with Crippen LogP contribution in [-0.4, -0.2) is 23.8 Å². The average molecular weight is 585 g/mol. The van der Waals surface area contributed by atoms with E-state index in [1.54, 1.807) is 67.6 Å². The standard InChI is InChI=1S/C27H29Cl3NO5P/c1-3-4-5-7-11-21(2)34-37(33,35-24-13-8-6-9-14-24)36-26-16-15-22(30)20-25(26)27(32)31-23(17-19-29)12-10-18-28/h4-17,20-21H,3,18-19H2,1-2H3,(H,31,32)/b5-4-,11-7-,12-10-,23-17+. The summed E-state index contributed by atoms with van der Waals surface area (Å²) in [4.78, 5) is 13.1. The van der Waals surface area contributed by atoms with E-state index in [0.29, 0.717) is 5.70 Å². The molecule has 2 unspecified atom stereocenters. The molecular formula is C27H29Cl3NO5P. The van der Waals surface area contributed by atoms with Crippen molar-refractivity contribution in [3.63, 3.8) is 0 Å². The number of para-hydroxylation sites is 1. The van der Waals surface area contributed by atoms with Gasteiger partial charge in [0.2, 0.25) is 0 Å². The molecule has 2 atom stereocenters. The molecule has 6 nitrogen and oxygen atoms in total. The average Bonchev–Trinajstić information content (AvgIpc) is 2.86. The summed E-state index contributed by atoms with van der Waals surface area (Å²) in [6.07, 6.45) is 12.4. The van der Waals surface area contributed by atoms with Crippen molar-refractivity contribution < 1.29 is 22.9 Å². The lowest BCUT2D eigenvalue weighted by Crippen LogP contribution is -2.23. The minimum atomic E-state index is -4.29. The van der Waals surface area contributed by atoms with E-state index >= 15 is 0 Å². The van der Waals surface area contributed by atoms with Crippen LogP contribution in [0.25, 0.3) is 0 Å². The van der Waals surface area contributed by atoms with Gasteiger partial charge in [-0.1, -0.05) is 67.1 Å². The van der Waals surface area contributed by atoms with Crippen LogP contribution < -0.4 is 14.4 Å². The molecule has 0 aliphatic rings. The summed E-state index contributed by atoms with van der Waals surface area (Å²) in [5.41, 5.74) is 0.437. The highest BCUT2D eigenvalue weighted by Crippen LogP contribution is 2.51. The second-order valence-corrected chi connectivity index (χ2v) is 9.96. The van der Waals surface area contributed by atoms with E-state index in [2.05, 4.69) is 5.32 Å². The molecule has 10 heteroatoms. The van der Waals surface area contributed by atoms with Crippen molar-refractivity contribution >= 4 is 48.5 Å². The molecule has 0 spiro atoms. The lowest BCUT2D eigenvalue weighted by atomic mass is 10.2. The van der Waals surface area contributed by atoms with Crippen LogP contribution in [0.2, 0.25) is 5.02 Å². The predicted octanol–water partition coefficient (Wildman–Crippen LogP) is 8.48. The van der Waals surface area contributed by atoms with Gasteiger partial charge in [0.1, 0.15) is 11.5 Å². The molecule has 2 rings (SSSR count). The Kier molecular flexibility index (Phi) is 13.6. The fourth-order valence-electron chi connectivity index (χ4n) is 2.84. The summed E-state index contributed by atoms with van der Waals surface area (Å²) in [5, 5.41) is 2.99. The number of phosphoric acid groups is 1. The number of hydrogen-bond donors (Lipinski definition) is 1. The normalized spacial score (nSPS) is 14.7. The number of alkyl halides is 2. The lowest BCUT2D eigenvalue weighted by molar-refractivity contribution is 0.0965. The number of benzene rings is 2. The fourth-order valence-corrected chi connectivity index (χ4v) is 4.65. The largest absolute Gasteiger partial charge is 0.588 e. The number of rotatable bonds is 14. The molecule has 0 aliphatic carbocycles. The Hall–Kier alpha value is -2.47. The van der Waals surface area contributed by atoms with Crippen molar-refractivity contribution in [3.8, 4) is 11.5 Å². The van der Waals surface area contributed by atoms with Gasteiger partial charge in [-0.05, 0) is 55.8 Å². The van der Waals surface area contributed by atoms with E-state index in [1.807, 2.05) is 19.1 Å². The number of amides is 1. The molecule has 0 fully saturated rings. The van der Waals surface area contributed by atoms with Gasteiger partial charge in [-0.15, -0.1) is 23.2 Å². The number of carbonyl (C=O) groups excluding carboxylic acids is 1. The molecule has 37 heavy (non-hydrogen) atoms. The van der Waals surface area contributed by atoms with E-state index in [-0.39, 0.29) is 33.8 Å². The van der Waals surface area contributed by atoms with Gasteiger partial charge >= 0.3 is 7.82 Å². The van der Waals surface area contributed by atoms with Crippen molar-refractivity contribution in [2.45, 2.75) is 26.4 Å². The molecule has 1 N–H and O–H groups in total. The third-order valence-electron chi connectivity index (χ3n) is 4.46. The fraction of sp³-hybridized carbons (Fsp3) is 0.222. The van der Waals surface area contributed by atoms with Crippen LogP contribution in [0.5, 0.6) is 11.5 Å². The lowest BCUT2D eigenvalue weighted by Gasteiger charge is -2.22.